The third kappa shape index (κ3) is 3.06. The molecule has 1 aliphatic rings. The van der Waals surface area contributed by atoms with Gasteiger partial charge in [-0.25, -0.2) is 0 Å². The lowest BCUT2D eigenvalue weighted by atomic mass is 9.98. The first-order valence-electron chi connectivity index (χ1n) is 8.33. The van der Waals surface area contributed by atoms with E-state index >= 15 is 0 Å². The number of aldehydes is 1. The van der Waals surface area contributed by atoms with Crippen molar-refractivity contribution in [3.8, 4) is 0 Å². The molecule has 7 heteroatoms. The van der Waals surface area contributed by atoms with Gasteiger partial charge in [-0.15, -0.1) is 0 Å². The topological polar surface area (TPSA) is 86.3 Å². The molecule has 0 spiro atoms. The molecule has 0 saturated carbocycles. The smallest absolute Gasteiger partial charge is 0.159 e. The van der Waals surface area contributed by atoms with Gasteiger partial charge in [0, 0.05) is 17.8 Å². The molecule has 0 aliphatic carbocycles. The van der Waals surface area contributed by atoms with E-state index in [4.69, 9.17) is 5.10 Å². The number of benzene rings is 1. The molecule has 0 radical (unpaired) electrons. The Morgan fingerprint density at radius 3 is 2.81 bits per heavy atom. The average Bonchev–Trinajstić information content (AvgIpc) is 3.08. The SMILES string of the molecule is Cc1cc(NC2=NN(Cc3ccccn3)C(C=O)c3ccccc32)[nH]n1. The number of carbonyl (C=O) groups excluding carboxylic acids is 1. The third-order valence-electron chi connectivity index (χ3n) is 4.22. The van der Waals surface area contributed by atoms with E-state index in [-0.39, 0.29) is 0 Å². The first-order valence-corrected chi connectivity index (χ1v) is 8.33. The maximum absolute atomic E-state index is 11.8. The molecule has 4 rings (SSSR count). The van der Waals surface area contributed by atoms with Crippen LogP contribution in [0, 0.1) is 6.92 Å². The number of fused-ring (bicyclic) bond motifs is 1. The predicted octanol–water partition coefficient (Wildman–Crippen LogP) is 2.64. The fraction of sp³-hybridized carbons (Fsp3) is 0.158. The number of nitrogens with one attached hydrogen (secondary N) is 2. The van der Waals surface area contributed by atoms with Crippen LogP contribution < -0.4 is 5.32 Å². The average molecular weight is 346 g/mol. The van der Waals surface area contributed by atoms with Crippen LogP contribution in [0.15, 0.2) is 59.8 Å². The molecule has 26 heavy (non-hydrogen) atoms. The van der Waals surface area contributed by atoms with Crippen molar-refractivity contribution in [2.45, 2.75) is 19.5 Å². The van der Waals surface area contributed by atoms with Gasteiger partial charge in [-0.3, -0.25) is 15.1 Å². The quantitative estimate of drug-likeness (QED) is 0.709. The second-order valence-electron chi connectivity index (χ2n) is 6.08. The lowest BCUT2D eigenvalue weighted by Crippen LogP contribution is -2.34. The Morgan fingerprint density at radius 2 is 2.08 bits per heavy atom. The standard InChI is InChI=1S/C19H18N6O/c1-13-10-18(23-22-13)21-19-16-8-3-2-7-15(16)17(12-26)25(24-19)11-14-6-4-5-9-20-14/h2-10,12,17H,11H2,1H3,(H2,21,22,23,24). The zero-order chi connectivity index (χ0) is 17.9. The van der Waals surface area contributed by atoms with Crippen molar-refractivity contribution in [1.29, 1.82) is 0 Å². The molecule has 1 atom stereocenters. The molecule has 130 valence electrons. The van der Waals surface area contributed by atoms with E-state index in [1.165, 1.54) is 0 Å². The second kappa shape index (κ2) is 6.79. The number of nitrogens with zero attached hydrogens (tertiary/aromatic N) is 4. The van der Waals surface area contributed by atoms with Crippen LogP contribution >= 0.6 is 0 Å². The van der Waals surface area contributed by atoms with Crippen molar-refractivity contribution >= 4 is 17.9 Å². The minimum Gasteiger partial charge on any atom is -0.323 e. The predicted molar refractivity (Wildman–Crippen MR) is 98.5 cm³/mol. The molecule has 1 aliphatic heterocycles. The molecule has 1 aromatic carbocycles. The van der Waals surface area contributed by atoms with Crippen LogP contribution in [0.5, 0.6) is 0 Å². The molecule has 0 saturated heterocycles. The van der Waals surface area contributed by atoms with Crippen LogP contribution in [0.3, 0.4) is 0 Å². The zero-order valence-corrected chi connectivity index (χ0v) is 14.3. The van der Waals surface area contributed by atoms with Gasteiger partial charge in [0.25, 0.3) is 0 Å². The second-order valence-corrected chi connectivity index (χ2v) is 6.08. The summed E-state index contributed by atoms with van der Waals surface area (Å²) in [4.78, 5) is 16.2. The number of hydrogen-bond donors (Lipinski definition) is 2. The molecule has 1 unspecified atom stereocenters. The van der Waals surface area contributed by atoms with E-state index in [9.17, 15) is 4.79 Å². The number of rotatable bonds is 4. The van der Waals surface area contributed by atoms with Gasteiger partial charge in [0.05, 0.1) is 17.9 Å². The lowest BCUT2D eigenvalue weighted by Gasteiger charge is -2.32. The van der Waals surface area contributed by atoms with Crippen molar-refractivity contribution in [2.24, 2.45) is 5.10 Å². The van der Waals surface area contributed by atoms with E-state index in [1.807, 2.05) is 55.5 Å². The summed E-state index contributed by atoms with van der Waals surface area (Å²) in [5, 5.41) is 16.8. The highest BCUT2D eigenvalue weighted by Gasteiger charge is 2.29. The molecule has 3 aromatic rings. The molecular weight excluding hydrogens is 328 g/mol. The minimum absolute atomic E-state index is 0.436. The molecule has 0 amide bonds. The van der Waals surface area contributed by atoms with Gasteiger partial charge < -0.3 is 10.1 Å². The van der Waals surface area contributed by atoms with Crippen LogP contribution in [0.4, 0.5) is 5.82 Å². The van der Waals surface area contributed by atoms with Crippen molar-refractivity contribution in [3.63, 3.8) is 0 Å². The Balaban J connectivity index is 1.73. The Labute approximate surface area is 150 Å². The summed E-state index contributed by atoms with van der Waals surface area (Å²) in [7, 11) is 0. The monoisotopic (exact) mass is 346 g/mol. The summed E-state index contributed by atoms with van der Waals surface area (Å²) >= 11 is 0. The number of amidine groups is 1. The van der Waals surface area contributed by atoms with Gasteiger partial charge in [-0.1, -0.05) is 30.3 Å². The summed E-state index contributed by atoms with van der Waals surface area (Å²) in [6.07, 6.45) is 2.65. The normalized spacial score (nSPS) is 16.0. The minimum atomic E-state index is -0.456. The maximum Gasteiger partial charge on any atom is 0.159 e. The highest BCUT2D eigenvalue weighted by Crippen LogP contribution is 2.29. The number of pyridine rings is 1. The highest BCUT2D eigenvalue weighted by atomic mass is 16.1. The number of hydrazone groups is 1. The number of anilines is 1. The Kier molecular flexibility index (Phi) is 4.18. The summed E-state index contributed by atoms with van der Waals surface area (Å²) in [6.45, 7) is 2.35. The molecule has 3 heterocycles. The Hall–Kier alpha value is -3.48. The van der Waals surface area contributed by atoms with Gasteiger partial charge in [0.15, 0.2) is 5.84 Å². The lowest BCUT2D eigenvalue weighted by molar-refractivity contribution is -0.113. The molecule has 0 bridgehead atoms. The molecule has 7 nitrogen and oxygen atoms in total. The van der Waals surface area contributed by atoms with Gasteiger partial charge in [-0.2, -0.15) is 10.2 Å². The largest absolute Gasteiger partial charge is 0.323 e. The molecule has 0 fully saturated rings. The van der Waals surface area contributed by atoms with Crippen LogP contribution in [-0.4, -0.2) is 32.3 Å². The van der Waals surface area contributed by atoms with Crippen LogP contribution in [0.2, 0.25) is 0 Å². The third-order valence-corrected chi connectivity index (χ3v) is 4.22. The number of H-pyrrole nitrogens is 1. The summed E-state index contributed by atoms with van der Waals surface area (Å²) in [6, 6.07) is 14.9. The van der Waals surface area contributed by atoms with Gasteiger partial charge >= 0.3 is 0 Å². The van der Waals surface area contributed by atoms with E-state index in [0.29, 0.717) is 12.4 Å². The molecule has 2 N–H and O–H groups in total. The fourth-order valence-corrected chi connectivity index (χ4v) is 3.02. The number of hydrogen-bond acceptors (Lipinski definition) is 6. The van der Waals surface area contributed by atoms with E-state index in [2.05, 4.69) is 20.5 Å². The van der Waals surface area contributed by atoms with Crippen LogP contribution in [0.25, 0.3) is 0 Å². The zero-order valence-electron chi connectivity index (χ0n) is 14.3. The maximum atomic E-state index is 11.8. The van der Waals surface area contributed by atoms with Crippen LogP contribution in [-0.2, 0) is 11.3 Å². The van der Waals surface area contributed by atoms with Crippen LogP contribution in [0.1, 0.15) is 28.6 Å². The Bertz CT molecular complexity index is 949. The first-order chi connectivity index (χ1) is 12.7. The van der Waals surface area contributed by atoms with E-state index < -0.39 is 6.04 Å². The molecular formula is C19H18N6O. The van der Waals surface area contributed by atoms with Gasteiger partial charge in [-0.05, 0) is 24.6 Å². The van der Waals surface area contributed by atoms with E-state index in [0.717, 1.165) is 34.6 Å². The Morgan fingerprint density at radius 1 is 1.23 bits per heavy atom. The van der Waals surface area contributed by atoms with Crippen molar-refractivity contribution in [1.82, 2.24) is 20.2 Å². The number of aryl methyl sites for hydroxylation is 1. The van der Waals surface area contributed by atoms with Crippen molar-refractivity contribution in [3.05, 3.63) is 77.2 Å². The molecule has 2 aromatic heterocycles. The van der Waals surface area contributed by atoms with Crippen molar-refractivity contribution in [2.75, 3.05) is 5.32 Å². The fourth-order valence-electron chi connectivity index (χ4n) is 3.02. The number of aromatic nitrogens is 3. The van der Waals surface area contributed by atoms with E-state index in [1.54, 1.807) is 11.2 Å². The summed E-state index contributed by atoms with van der Waals surface area (Å²) in [5.74, 6) is 1.41. The highest BCUT2D eigenvalue weighted by molar-refractivity contribution is 6.09. The first kappa shape index (κ1) is 16.0. The number of carbonyl (C=O) groups is 1. The summed E-state index contributed by atoms with van der Waals surface area (Å²) in [5.41, 5.74) is 3.54. The number of aromatic amines is 1. The van der Waals surface area contributed by atoms with Gasteiger partial charge in [0.2, 0.25) is 0 Å². The summed E-state index contributed by atoms with van der Waals surface area (Å²) < 4.78 is 0. The van der Waals surface area contributed by atoms with Crippen molar-refractivity contribution < 1.29 is 4.79 Å². The van der Waals surface area contributed by atoms with Gasteiger partial charge in [0.1, 0.15) is 18.1 Å².